The van der Waals surface area contributed by atoms with E-state index in [9.17, 15) is 5.11 Å². The van der Waals surface area contributed by atoms with Crippen LogP contribution in [0.5, 0.6) is 11.5 Å². The Balaban J connectivity index is 1.59. The highest BCUT2D eigenvalue weighted by molar-refractivity contribution is 5.31. The van der Waals surface area contributed by atoms with Crippen molar-refractivity contribution in [3.8, 4) is 11.5 Å². The Morgan fingerprint density at radius 2 is 1.90 bits per heavy atom. The number of ether oxygens (including phenoxy) is 3. The highest BCUT2D eigenvalue weighted by Crippen LogP contribution is 2.17. The number of methoxy groups -OCH3 is 1. The average Bonchev–Trinajstić information content (AvgIpc) is 2.54. The molecule has 1 aliphatic heterocycles. The lowest BCUT2D eigenvalue weighted by Gasteiger charge is -2.23. The summed E-state index contributed by atoms with van der Waals surface area (Å²) in [5.41, 5.74) is 0. The smallest absolute Gasteiger partial charge is 0.119 e. The van der Waals surface area contributed by atoms with E-state index in [1.165, 1.54) is 0 Å². The molecule has 118 valence electrons. The Kier molecular flexibility index (Phi) is 6.79. The van der Waals surface area contributed by atoms with Crippen LogP contribution in [-0.4, -0.2) is 51.2 Å². The van der Waals surface area contributed by atoms with Gasteiger partial charge in [-0.25, -0.2) is 0 Å². The third-order valence-electron chi connectivity index (χ3n) is 3.66. The van der Waals surface area contributed by atoms with Crippen LogP contribution in [-0.2, 0) is 4.74 Å². The summed E-state index contributed by atoms with van der Waals surface area (Å²) in [4.78, 5) is 0. The molecule has 0 saturated carbocycles. The molecule has 1 unspecified atom stereocenters. The maximum Gasteiger partial charge on any atom is 0.119 e. The molecule has 0 aliphatic carbocycles. The SMILES string of the molecule is COc1ccc(OCC(O)CNCC2CCOCC2)cc1. The van der Waals surface area contributed by atoms with Gasteiger partial charge in [0.15, 0.2) is 0 Å². The van der Waals surface area contributed by atoms with Crippen LogP contribution in [0.3, 0.4) is 0 Å². The van der Waals surface area contributed by atoms with Gasteiger partial charge in [0.05, 0.1) is 7.11 Å². The van der Waals surface area contributed by atoms with Crippen LogP contribution in [0.2, 0.25) is 0 Å². The zero-order valence-electron chi connectivity index (χ0n) is 12.6. The van der Waals surface area contributed by atoms with E-state index in [0.717, 1.165) is 44.1 Å². The molecule has 1 atom stereocenters. The number of aliphatic hydroxyl groups excluding tert-OH is 1. The summed E-state index contributed by atoms with van der Waals surface area (Å²) >= 11 is 0. The Morgan fingerprint density at radius 3 is 2.57 bits per heavy atom. The van der Waals surface area contributed by atoms with Crippen molar-refractivity contribution >= 4 is 0 Å². The topological polar surface area (TPSA) is 60.0 Å². The molecule has 1 aromatic carbocycles. The predicted octanol–water partition coefficient (Wildman–Crippen LogP) is 1.45. The van der Waals surface area contributed by atoms with Gasteiger partial charge in [-0.1, -0.05) is 0 Å². The van der Waals surface area contributed by atoms with Gasteiger partial charge in [0.25, 0.3) is 0 Å². The zero-order chi connectivity index (χ0) is 14.9. The highest BCUT2D eigenvalue weighted by atomic mass is 16.5. The van der Waals surface area contributed by atoms with Crippen molar-refractivity contribution in [1.82, 2.24) is 5.32 Å². The third kappa shape index (κ3) is 5.91. The van der Waals surface area contributed by atoms with Crippen LogP contribution < -0.4 is 14.8 Å². The molecule has 0 radical (unpaired) electrons. The standard InChI is InChI=1S/C16H25NO4/c1-19-15-2-4-16(5-3-15)21-12-14(18)11-17-10-13-6-8-20-9-7-13/h2-5,13-14,17-18H,6-12H2,1H3. The van der Waals surface area contributed by atoms with Crippen LogP contribution in [0, 0.1) is 5.92 Å². The van der Waals surface area contributed by atoms with Crippen molar-refractivity contribution in [2.45, 2.75) is 18.9 Å². The van der Waals surface area contributed by atoms with Crippen LogP contribution in [0.1, 0.15) is 12.8 Å². The first kappa shape index (κ1) is 16.1. The maximum absolute atomic E-state index is 9.90. The Labute approximate surface area is 126 Å². The molecule has 0 spiro atoms. The van der Waals surface area contributed by atoms with E-state index in [0.29, 0.717) is 12.5 Å². The van der Waals surface area contributed by atoms with Gasteiger partial charge in [0.1, 0.15) is 24.2 Å². The summed E-state index contributed by atoms with van der Waals surface area (Å²) in [5, 5.41) is 13.2. The Hall–Kier alpha value is -1.30. The molecular weight excluding hydrogens is 270 g/mol. The quantitative estimate of drug-likeness (QED) is 0.760. The molecule has 1 aromatic rings. The number of rotatable bonds is 8. The van der Waals surface area contributed by atoms with Gasteiger partial charge in [-0.2, -0.15) is 0 Å². The molecule has 5 nitrogen and oxygen atoms in total. The first-order valence-electron chi connectivity index (χ1n) is 7.51. The van der Waals surface area contributed by atoms with Gasteiger partial charge in [-0.3, -0.25) is 0 Å². The first-order valence-corrected chi connectivity index (χ1v) is 7.51. The summed E-state index contributed by atoms with van der Waals surface area (Å²) in [7, 11) is 1.63. The largest absolute Gasteiger partial charge is 0.497 e. The molecule has 21 heavy (non-hydrogen) atoms. The molecule has 1 aliphatic rings. The lowest BCUT2D eigenvalue weighted by molar-refractivity contribution is 0.0630. The third-order valence-corrected chi connectivity index (χ3v) is 3.66. The van der Waals surface area contributed by atoms with E-state index in [-0.39, 0.29) is 6.61 Å². The fourth-order valence-electron chi connectivity index (χ4n) is 2.33. The van der Waals surface area contributed by atoms with E-state index < -0.39 is 6.10 Å². The van der Waals surface area contributed by atoms with E-state index >= 15 is 0 Å². The lowest BCUT2D eigenvalue weighted by atomic mass is 10.0. The van der Waals surface area contributed by atoms with Crippen molar-refractivity contribution in [3.05, 3.63) is 24.3 Å². The minimum Gasteiger partial charge on any atom is -0.497 e. The molecule has 1 fully saturated rings. The minimum atomic E-state index is -0.507. The lowest BCUT2D eigenvalue weighted by Crippen LogP contribution is -2.35. The first-order chi connectivity index (χ1) is 10.3. The second kappa shape index (κ2) is 8.87. The molecule has 1 saturated heterocycles. The van der Waals surface area contributed by atoms with Crippen molar-refractivity contribution in [2.75, 3.05) is 40.0 Å². The molecule has 2 rings (SSSR count). The summed E-state index contributed by atoms with van der Waals surface area (Å²) in [6.45, 7) is 3.48. The van der Waals surface area contributed by atoms with E-state index in [1.54, 1.807) is 7.11 Å². The zero-order valence-corrected chi connectivity index (χ0v) is 12.6. The number of aliphatic hydroxyl groups is 1. The molecule has 5 heteroatoms. The number of hydrogen-bond acceptors (Lipinski definition) is 5. The fraction of sp³-hybridized carbons (Fsp3) is 0.625. The number of benzene rings is 1. The number of nitrogens with one attached hydrogen (secondary N) is 1. The summed E-state index contributed by atoms with van der Waals surface area (Å²) in [6.07, 6.45) is 1.70. The van der Waals surface area contributed by atoms with Gasteiger partial charge in [0, 0.05) is 19.8 Å². The molecule has 2 N–H and O–H groups in total. The highest BCUT2D eigenvalue weighted by Gasteiger charge is 2.14. The number of hydrogen-bond donors (Lipinski definition) is 2. The monoisotopic (exact) mass is 295 g/mol. The van der Waals surface area contributed by atoms with Gasteiger partial charge in [-0.05, 0) is 49.6 Å². The van der Waals surface area contributed by atoms with Crippen molar-refractivity contribution in [2.24, 2.45) is 5.92 Å². The minimum absolute atomic E-state index is 0.285. The van der Waals surface area contributed by atoms with E-state index in [2.05, 4.69) is 5.32 Å². The molecule has 0 amide bonds. The van der Waals surface area contributed by atoms with Crippen LogP contribution >= 0.6 is 0 Å². The Morgan fingerprint density at radius 1 is 1.24 bits per heavy atom. The molecule has 0 bridgehead atoms. The maximum atomic E-state index is 9.90. The summed E-state index contributed by atoms with van der Waals surface area (Å²) in [6, 6.07) is 7.35. The van der Waals surface area contributed by atoms with Crippen molar-refractivity contribution in [3.63, 3.8) is 0 Å². The van der Waals surface area contributed by atoms with Crippen LogP contribution in [0.4, 0.5) is 0 Å². The summed E-state index contributed by atoms with van der Waals surface area (Å²) < 4.78 is 16.0. The van der Waals surface area contributed by atoms with Gasteiger partial charge in [0.2, 0.25) is 0 Å². The van der Waals surface area contributed by atoms with Gasteiger partial charge in [-0.15, -0.1) is 0 Å². The van der Waals surface area contributed by atoms with Crippen molar-refractivity contribution in [1.29, 1.82) is 0 Å². The van der Waals surface area contributed by atoms with Crippen molar-refractivity contribution < 1.29 is 19.3 Å². The molecule has 1 heterocycles. The second-order valence-electron chi connectivity index (χ2n) is 5.35. The second-order valence-corrected chi connectivity index (χ2v) is 5.35. The molecule has 0 aromatic heterocycles. The molecular formula is C16H25NO4. The van der Waals surface area contributed by atoms with Gasteiger partial charge < -0.3 is 24.6 Å². The van der Waals surface area contributed by atoms with Gasteiger partial charge >= 0.3 is 0 Å². The summed E-state index contributed by atoms with van der Waals surface area (Å²) in [5.74, 6) is 2.19. The predicted molar refractivity (Wildman–Crippen MR) is 80.9 cm³/mol. The van der Waals surface area contributed by atoms with E-state index in [1.807, 2.05) is 24.3 Å². The van der Waals surface area contributed by atoms with Crippen LogP contribution in [0.25, 0.3) is 0 Å². The fourth-order valence-corrected chi connectivity index (χ4v) is 2.33. The normalized spacial score (nSPS) is 17.4. The average molecular weight is 295 g/mol. The Bertz CT molecular complexity index is 390. The van der Waals surface area contributed by atoms with Crippen LogP contribution in [0.15, 0.2) is 24.3 Å². The van der Waals surface area contributed by atoms with E-state index in [4.69, 9.17) is 14.2 Å².